The van der Waals surface area contributed by atoms with Crippen molar-refractivity contribution in [2.75, 3.05) is 12.1 Å². The Morgan fingerprint density at radius 2 is 2.03 bits per heavy atom. The van der Waals surface area contributed by atoms with Crippen LogP contribution in [-0.4, -0.2) is 47.5 Å². The van der Waals surface area contributed by atoms with Gasteiger partial charge in [-0.05, 0) is 59.9 Å². The van der Waals surface area contributed by atoms with Gasteiger partial charge in [0.1, 0.15) is 11.5 Å². The van der Waals surface area contributed by atoms with E-state index in [2.05, 4.69) is 35.3 Å². The van der Waals surface area contributed by atoms with Crippen LogP contribution >= 0.6 is 0 Å². The first-order valence-electron chi connectivity index (χ1n) is 12.2. The second-order valence-electron chi connectivity index (χ2n) is 9.25. The number of anilines is 1. The predicted octanol–water partition coefficient (Wildman–Crippen LogP) is 1.60. The van der Waals surface area contributed by atoms with E-state index < -0.39 is 5.69 Å². The number of imidazole rings is 1. The van der Waals surface area contributed by atoms with Crippen molar-refractivity contribution in [1.82, 2.24) is 29.5 Å². The molecular formula is C26H21FN8O4. The van der Waals surface area contributed by atoms with Crippen LogP contribution in [0.1, 0.15) is 24.1 Å². The van der Waals surface area contributed by atoms with Crippen molar-refractivity contribution >= 4 is 17.7 Å². The maximum Gasteiger partial charge on any atom is 0.326 e. The molecule has 1 fully saturated rings. The van der Waals surface area contributed by atoms with Gasteiger partial charge in [-0.15, -0.1) is 0 Å². The van der Waals surface area contributed by atoms with Crippen molar-refractivity contribution < 1.29 is 19.0 Å². The standard InChI is InChI=1S/C26H21FN8O4/c27-16-2-5-18(13-1-6-20-21(9-13)39-12-38-20)14(7-16)10-28-24-32-22-15(8-19-23(36)33-26(37)31-19)11-29-35(22)25(34-24)30-17-3-4-17/h1-2,5-9,11,17,36H,3-4,10,12H2,(H,28,30,34)(H2,31,33,37). The lowest BCUT2D eigenvalue weighted by Crippen LogP contribution is -2.24. The van der Waals surface area contributed by atoms with E-state index in [4.69, 9.17) is 9.47 Å². The quantitative estimate of drug-likeness (QED) is 0.259. The molecule has 5 aromatic rings. The molecule has 0 atom stereocenters. The van der Waals surface area contributed by atoms with E-state index in [0.717, 1.165) is 24.0 Å². The Kier molecular flexibility index (Phi) is 5.28. The number of hydrogen-bond donors (Lipinski definition) is 4. The fraction of sp³-hybridized carbons (Fsp3) is 0.192. The summed E-state index contributed by atoms with van der Waals surface area (Å²) in [6.07, 6.45) is 5.04. The van der Waals surface area contributed by atoms with Gasteiger partial charge >= 0.3 is 5.69 Å². The number of aromatic nitrogens is 6. The lowest BCUT2D eigenvalue weighted by atomic mass is 9.99. The topological polar surface area (TPSA) is 155 Å². The van der Waals surface area contributed by atoms with Crippen LogP contribution in [0.15, 0.2) is 52.4 Å². The van der Waals surface area contributed by atoms with E-state index in [1.807, 2.05) is 18.2 Å². The van der Waals surface area contributed by atoms with Gasteiger partial charge in [0, 0.05) is 11.8 Å². The first-order chi connectivity index (χ1) is 19.0. The number of ether oxygens (including phenoxy) is 2. The zero-order valence-corrected chi connectivity index (χ0v) is 20.3. The summed E-state index contributed by atoms with van der Waals surface area (Å²) < 4.78 is 26.7. The monoisotopic (exact) mass is 528 g/mol. The summed E-state index contributed by atoms with van der Waals surface area (Å²) in [6.45, 7) is 0.387. The Labute approximate surface area is 218 Å². The summed E-state index contributed by atoms with van der Waals surface area (Å²) in [5.74, 6) is 0.904. The van der Waals surface area contributed by atoms with Crippen LogP contribution in [0.2, 0.25) is 0 Å². The molecular weight excluding hydrogens is 507 g/mol. The molecule has 1 aliphatic carbocycles. The molecule has 0 unspecified atom stereocenters. The van der Waals surface area contributed by atoms with Gasteiger partial charge in [-0.1, -0.05) is 12.1 Å². The second kappa shape index (κ2) is 8.97. The van der Waals surface area contributed by atoms with Crippen molar-refractivity contribution in [1.29, 1.82) is 0 Å². The number of benzene rings is 2. The Hall–Kier alpha value is -5.20. The highest BCUT2D eigenvalue weighted by atomic mass is 19.1. The number of nitrogens with one attached hydrogen (secondary N) is 3. The minimum Gasteiger partial charge on any atom is -0.493 e. The average Bonchev–Trinajstić information content (AvgIpc) is 3.30. The lowest BCUT2D eigenvalue weighted by Gasteiger charge is -2.12. The zero-order valence-electron chi connectivity index (χ0n) is 20.3. The molecule has 39 heavy (non-hydrogen) atoms. The largest absolute Gasteiger partial charge is 0.493 e. The molecule has 4 heterocycles. The predicted molar refractivity (Wildman–Crippen MR) is 137 cm³/mol. The number of rotatable bonds is 6. The Bertz CT molecular complexity index is 1920. The van der Waals surface area contributed by atoms with Gasteiger partial charge in [0.25, 0.3) is 5.62 Å². The third-order valence-electron chi connectivity index (χ3n) is 6.45. The van der Waals surface area contributed by atoms with E-state index in [1.54, 1.807) is 18.3 Å². The van der Waals surface area contributed by atoms with Crippen LogP contribution in [0.3, 0.4) is 0 Å². The maximum atomic E-state index is 14.3. The number of fused-ring (bicyclic) bond motifs is 2. The van der Waals surface area contributed by atoms with Gasteiger partial charge in [-0.3, -0.25) is 4.98 Å². The first-order valence-corrected chi connectivity index (χ1v) is 12.2. The van der Waals surface area contributed by atoms with Crippen molar-refractivity contribution in [2.24, 2.45) is 4.99 Å². The summed E-state index contributed by atoms with van der Waals surface area (Å²) >= 11 is 0. The van der Waals surface area contributed by atoms with E-state index in [9.17, 15) is 14.3 Å². The summed E-state index contributed by atoms with van der Waals surface area (Å²) in [7, 11) is 0. The van der Waals surface area contributed by atoms with Crippen molar-refractivity contribution in [2.45, 2.75) is 25.4 Å². The number of halogens is 1. The molecule has 0 bridgehead atoms. The fourth-order valence-electron chi connectivity index (χ4n) is 4.39. The molecule has 1 saturated carbocycles. The SMILES string of the molecule is O=c1[nH]c(O)c(C=c2cnn3c(=NC4CC4)nc(NCc4cc(F)ccc4-c4ccc5c(c4)OCO5)nc23)[nH]1. The third-order valence-corrected chi connectivity index (χ3v) is 6.45. The summed E-state index contributed by atoms with van der Waals surface area (Å²) in [6, 6.07) is 10.3. The fourth-order valence-corrected chi connectivity index (χ4v) is 4.39. The molecule has 7 rings (SSSR count). The molecule has 4 N–H and O–H groups in total. The smallest absolute Gasteiger partial charge is 0.326 e. The molecule has 2 aromatic carbocycles. The number of aromatic amines is 2. The van der Waals surface area contributed by atoms with E-state index in [-0.39, 0.29) is 42.7 Å². The van der Waals surface area contributed by atoms with Gasteiger partial charge in [0.05, 0.1) is 12.2 Å². The van der Waals surface area contributed by atoms with Crippen molar-refractivity contribution in [3.8, 4) is 28.5 Å². The van der Waals surface area contributed by atoms with Crippen molar-refractivity contribution in [3.63, 3.8) is 0 Å². The minimum atomic E-state index is -0.537. The molecule has 1 aliphatic heterocycles. The van der Waals surface area contributed by atoms with Crippen LogP contribution < -0.4 is 31.3 Å². The molecule has 196 valence electrons. The summed E-state index contributed by atoms with van der Waals surface area (Å²) in [4.78, 5) is 30.2. The minimum absolute atomic E-state index is 0.165. The molecule has 0 radical (unpaired) electrons. The molecule has 13 heteroatoms. The highest BCUT2D eigenvalue weighted by Crippen LogP contribution is 2.37. The molecule has 3 aromatic heterocycles. The zero-order chi connectivity index (χ0) is 26.5. The van der Waals surface area contributed by atoms with Crippen LogP contribution in [0.5, 0.6) is 17.4 Å². The van der Waals surface area contributed by atoms with E-state index in [1.165, 1.54) is 16.6 Å². The van der Waals surface area contributed by atoms with Crippen molar-refractivity contribution in [3.05, 3.63) is 81.0 Å². The van der Waals surface area contributed by atoms with Crippen LogP contribution in [-0.2, 0) is 6.54 Å². The second-order valence-corrected chi connectivity index (χ2v) is 9.25. The van der Waals surface area contributed by atoms with Gasteiger partial charge in [-0.25, -0.2) is 14.2 Å². The highest BCUT2D eigenvalue weighted by molar-refractivity contribution is 5.71. The number of H-pyrrole nitrogens is 2. The highest BCUT2D eigenvalue weighted by Gasteiger charge is 2.21. The van der Waals surface area contributed by atoms with E-state index >= 15 is 0 Å². The number of nitrogens with zero attached hydrogens (tertiary/aromatic N) is 5. The van der Waals surface area contributed by atoms with Gasteiger partial charge < -0.3 is 24.9 Å². The Balaban J connectivity index is 1.27. The Morgan fingerprint density at radius 1 is 1.15 bits per heavy atom. The molecule has 12 nitrogen and oxygen atoms in total. The van der Waals surface area contributed by atoms with E-state index in [0.29, 0.717) is 33.5 Å². The first kappa shape index (κ1) is 23.0. The average molecular weight is 529 g/mol. The van der Waals surface area contributed by atoms with Crippen LogP contribution in [0, 0.1) is 5.82 Å². The van der Waals surface area contributed by atoms with Gasteiger partial charge in [-0.2, -0.15) is 19.6 Å². The van der Waals surface area contributed by atoms with Gasteiger partial charge in [0.2, 0.25) is 18.6 Å². The van der Waals surface area contributed by atoms with Crippen LogP contribution in [0.25, 0.3) is 22.9 Å². The Morgan fingerprint density at radius 3 is 2.85 bits per heavy atom. The molecule has 0 saturated heterocycles. The summed E-state index contributed by atoms with van der Waals surface area (Å²) in [5.41, 5.74) is 2.80. The molecule has 2 aliphatic rings. The van der Waals surface area contributed by atoms with Crippen LogP contribution in [0.4, 0.5) is 10.3 Å². The maximum absolute atomic E-state index is 14.3. The summed E-state index contributed by atoms with van der Waals surface area (Å²) in [5, 5.41) is 18.1. The number of aromatic hydroxyl groups is 1. The van der Waals surface area contributed by atoms with Gasteiger partial charge in [0.15, 0.2) is 17.1 Å². The lowest BCUT2D eigenvalue weighted by molar-refractivity contribution is 0.174. The number of hydrogen-bond acceptors (Lipinski definition) is 9. The third kappa shape index (κ3) is 4.43. The molecule has 0 amide bonds. The molecule has 0 spiro atoms. The normalized spacial score (nSPS) is 15.4.